The summed E-state index contributed by atoms with van der Waals surface area (Å²) in [7, 11) is 4.06. The van der Waals surface area contributed by atoms with E-state index in [1.54, 1.807) is 0 Å². The first-order valence-electron chi connectivity index (χ1n) is 11.2. The number of hydrogen-bond acceptors (Lipinski definition) is 4. The van der Waals surface area contributed by atoms with Crippen LogP contribution >= 0.6 is 0 Å². The van der Waals surface area contributed by atoms with Crippen LogP contribution in [0.5, 0.6) is 0 Å². The Balaban J connectivity index is 1.60. The molecule has 6 nitrogen and oxygen atoms in total. The van der Waals surface area contributed by atoms with Gasteiger partial charge in [-0.1, -0.05) is 30.3 Å². The summed E-state index contributed by atoms with van der Waals surface area (Å²) in [5.41, 5.74) is 3.51. The molecule has 1 aromatic carbocycles. The first-order valence-corrected chi connectivity index (χ1v) is 11.2. The van der Waals surface area contributed by atoms with Crippen molar-refractivity contribution in [1.29, 1.82) is 0 Å². The van der Waals surface area contributed by atoms with Crippen molar-refractivity contribution in [3.05, 3.63) is 65.0 Å². The van der Waals surface area contributed by atoms with Crippen LogP contribution in [0.25, 0.3) is 0 Å². The summed E-state index contributed by atoms with van der Waals surface area (Å²) in [6.07, 6.45) is 3.01. The molecule has 0 saturated carbocycles. The molecule has 0 radical (unpaired) electrons. The van der Waals surface area contributed by atoms with Gasteiger partial charge >= 0.3 is 0 Å². The zero-order chi connectivity index (χ0) is 22.2. The summed E-state index contributed by atoms with van der Waals surface area (Å²) in [5, 5.41) is 3.04. The molecule has 166 valence electrons. The predicted molar refractivity (Wildman–Crippen MR) is 123 cm³/mol. The highest BCUT2D eigenvalue weighted by atomic mass is 16.2. The minimum atomic E-state index is -0.0520. The first kappa shape index (κ1) is 22.9. The van der Waals surface area contributed by atoms with Gasteiger partial charge in [-0.25, -0.2) is 0 Å². The Bertz CT molecular complexity index is 874. The summed E-state index contributed by atoms with van der Waals surface area (Å²) in [6.45, 7) is 4.96. The molecular formula is C25H34N4O2. The third-order valence-electron chi connectivity index (χ3n) is 5.81. The van der Waals surface area contributed by atoms with Crippen LogP contribution in [0, 0.1) is 6.92 Å². The van der Waals surface area contributed by atoms with Crippen molar-refractivity contribution in [2.75, 3.05) is 40.3 Å². The predicted octanol–water partition coefficient (Wildman–Crippen LogP) is 3.02. The van der Waals surface area contributed by atoms with Crippen molar-refractivity contribution in [3.8, 4) is 0 Å². The molecule has 0 spiro atoms. The van der Waals surface area contributed by atoms with Crippen LogP contribution in [0.3, 0.4) is 0 Å². The number of piperidine rings is 1. The highest BCUT2D eigenvalue weighted by Crippen LogP contribution is 2.29. The number of hydrogen-bond donors (Lipinski definition) is 1. The zero-order valence-electron chi connectivity index (χ0n) is 18.9. The minimum absolute atomic E-state index is 0.0520. The SMILES string of the molecule is Cc1ccc(C(=O)NCCCN(C)C)c(C2CCN(C(=O)Cc3ccccc3)CC2)n1. The van der Waals surface area contributed by atoms with Gasteiger partial charge in [0.1, 0.15) is 0 Å². The van der Waals surface area contributed by atoms with E-state index in [0.717, 1.165) is 42.8 Å². The molecular weight excluding hydrogens is 388 g/mol. The number of carbonyl (C=O) groups excluding carboxylic acids is 2. The second-order valence-corrected chi connectivity index (χ2v) is 8.62. The Morgan fingerprint density at radius 1 is 1.10 bits per heavy atom. The zero-order valence-corrected chi connectivity index (χ0v) is 18.9. The molecule has 1 saturated heterocycles. The number of rotatable bonds is 8. The quantitative estimate of drug-likeness (QED) is 0.664. The maximum atomic E-state index is 12.8. The van der Waals surface area contributed by atoms with Crippen molar-refractivity contribution in [1.82, 2.24) is 20.1 Å². The molecule has 0 atom stereocenters. The Kier molecular flexibility index (Phi) is 8.18. The Morgan fingerprint density at radius 2 is 1.81 bits per heavy atom. The summed E-state index contributed by atoms with van der Waals surface area (Å²) in [5.74, 6) is 0.313. The number of amides is 2. The van der Waals surface area contributed by atoms with Crippen LogP contribution in [-0.2, 0) is 11.2 Å². The van der Waals surface area contributed by atoms with E-state index in [0.29, 0.717) is 31.6 Å². The van der Waals surface area contributed by atoms with Gasteiger partial charge in [0.05, 0.1) is 17.7 Å². The summed E-state index contributed by atoms with van der Waals surface area (Å²) >= 11 is 0. The van der Waals surface area contributed by atoms with Gasteiger partial charge in [-0.05, 0) is 64.5 Å². The number of aromatic nitrogens is 1. The second kappa shape index (κ2) is 11.0. The molecule has 1 aliphatic heterocycles. The second-order valence-electron chi connectivity index (χ2n) is 8.62. The lowest BCUT2D eigenvalue weighted by Gasteiger charge is -2.32. The van der Waals surface area contributed by atoms with Crippen LogP contribution < -0.4 is 5.32 Å². The van der Waals surface area contributed by atoms with E-state index in [1.165, 1.54) is 0 Å². The molecule has 0 unspecified atom stereocenters. The highest BCUT2D eigenvalue weighted by molar-refractivity contribution is 5.95. The lowest BCUT2D eigenvalue weighted by Crippen LogP contribution is -2.39. The molecule has 6 heteroatoms. The summed E-state index contributed by atoms with van der Waals surface area (Å²) in [4.78, 5) is 34.3. The third kappa shape index (κ3) is 6.62. The minimum Gasteiger partial charge on any atom is -0.352 e. The third-order valence-corrected chi connectivity index (χ3v) is 5.81. The van der Waals surface area contributed by atoms with Gasteiger partial charge in [-0.15, -0.1) is 0 Å². The first-order chi connectivity index (χ1) is 14.9. The molecule has 0 aliphatic carbocycles. The molecule has 1 N–H and O–H groups in total. The van der Waals surface area contributed by atoms with Gasteiger partial charge in [0, 0.05) is 31.2 Å². The van der Waals surface area contributed by atoms with Crippen molar-refractivity contribution >= 4 is 11.8 Å². The van der Waals surface area contributed by atoms with E-state index < -0.39 is 0 Å². The standard InChI is InChI=1S/C25H34N4O2/c1-19-10-11-22(25(31)26-14-7-15-28(2)3)24(27-19)21-12-16-29(17-13-21)23(30)18-20-8-5-4-6-9-20/h4-6,8-11,21H,7,12-18H2,1-3H3,(H,26,31). The van der Waals surface area contributed by atoms with E-state index in [9.17, 15) is 9.59 Å². The fourth-order valence-electron chi connectivity index (χ4n) is 4.06. The van der Waals surface area contributed by atoms with Gasteiger partial charge in [-0.3, -0.25) is 14.6 Å². The fraction of sp³-hybridized carbons (Fsp3) is 0.480. The topological polar surface area (TPSA) is 65.5 Å². The molecule has 31 heavy (non-hydrogen) atoms. The van der Waals surface area contributed by atoms with Crippen LogP contribution in [0.2, 0.25) is 0 Å². The van der Waals surface area contributed by atoms with E-state index >= 15 is 0 Å². The molecule has 3 rings (SSSR count). The van der Waals surface area contributed by atoms with Crippen LogP contribution in [0.15, 0.2) is 42.5 Å². The fourth-order valence-corrected chi connectivity index (χ4v) is 4.06. The molecule has 1 aliphatic rings. The summed E-state index contributed by atoms with van der Waals surface area (Å²) < 4.78 is 0. The average Bonchev–Trinajstić information content (AvgIpc) is 2.77. The number of nitrogens with zero attached hydrogens (tertiary/aromatic N) is 3. The summed E-state index contributed by atoms with van der Waals surface area (Å²) in [6, 6.07) is 13.7. The van der Waals surface area contributed by atoms with Gasteiger partial charge in [0.2, 0.25) is 5.91 Å². The van der Waals surface area contributed by atoms with E-state index in [-0.39, 0.29) is 17.7 Å². The lowest BCUT2D eigenvalue weighted by molar-refractivity contribution is -0.131. The van der Waals surface area contributed by atoms with Gasteiger partial charge in [0.25, 0.3) is 5.91 Å². The number of carbonyl (C=O) groups is 2. The monoisotopic (exact) mass is 422 g/mol. The number of pyridine rings is 1. The van der Waals surface area contributed by atoms with Crippen LogP contribution in [0.4, 0.5) is 0 Å². The van der Waals surface area contributed by atoms with Gasteiger partial charge < -0.3 is 15.1 Å². The Hall–Kier alpha value is -2.73. The van der Waals surface area contributed by atoms with Crippen molar-refractivity contribution < 1.29 is 9.59 Å². The van der Waals surface area contributed by atoms with E-state index in [1.807, 2.05) is 68.4 Å². The maximum Gasteiger partial charge on any atom is 0.253 e. The molecule has 1 fully saturated rings. The molecule has 1 aromatic heterocycles. The number of likely N-dealkylation sites (tertiary alicyclic amines) is 1. The van der Waals surface area contributed by atoms with Crippen molar-refractivity contribution in [2.24, 2.45) is 0 Å². The number of aryl methyl sites for hydroxylation is 1. The van der Waals surface area contributed by atoms with E-state index in [4.69, 9.17) is 4.98 Å². The van der Waals surface area contributed by atoms with Crippen LogP contribution in [-0.4, -0.2) is 66.9 Å². The van der Waals surface area contributed by atoms with Crippen molar-refractivity contribution in [3.63, 3.8) is 0 Å². The Labute approximate surface area is 185 Å². The highest BCUT2D eigenvalue weighted by Gasteiger charge is 2.27. The molecule has 2 aromatic rings. The van der Waals surface area contributed by atoms with Crippen LogP contribution in [0.1, 0.15) is 52.5 Å². The maximum absolute atomic E-state index is 12.8. The largest absolute Gasteiger partial charge is 0.352 e. The normalized spacial score (nSPS) is 14.6. The average molecular weight is 423 g/mol. The molecule has 0 bridgehead atoms. The van der Waals surface area contributed by atoms with E-state index in [2.05, 4.69) is 10.2 Å². The van der Waals surface area contributed by atoms with Gasteiger partial charge in [-0.2, -0.15) is 0 Å². The number of nitrogens with one attached hydrogen (secondary N) is 1. The lowest BCUT2D eigenvalue weighted by atomic mass is 9.89. The Morgan fingerprint density at radius 3 is 2.48 bits per heavy atom. The van der Waals surface area contributed by atoms with Crippen molar-refractivity contribution in [2.45, 2.75) is 38.5 Å². The molecule has 2 heterocycles. The smallest absolute Gasteiger partial charge is 0.253 e. The molecule has 2 amide bonds. The van der Waals surface area contributed by atoms with Gasteiger partial charge in [0.15, 0.2) is 0 Å². The number of benzene rings is 1.